The predicted octanol–water partition coefficient (Wildman–Crippen LogP) is 3.82. The number of hydrogen-bond acceptors (Lipinski definition) is 0. The second kappa shape index (κ2) is 4.43. The number of halogens is 8. The largest absolute Gasteiger partial charge is 0.329 e. The van der Waals surface area contributed by atoms with Crippen LogP contribution in [-0.4, -0.2) is 12.6 Å². The fourth-order valence-electron chi connectivity index (χ4n) is 0.399. The van der Waals surface area contributed by atoms with E-state index < -0.39 is 36.2 Å². The summed E-state index contributed by atoms with van der Waals surface area (Å²) >= 11 is 0. The first-order valence-corrected chi connectivity index (χ1v) is 2.94. The molecule has 0 aromatic heterocycles. The summed E-state index contributed by atoms with van der Waals surface area (Å²) in [6, 6.07) is 0. The summed E-state index contributed by atoms with van der Waals surface area (Å²) < 4.78 is 93.7. The number of hydrogen-bond donors (Lipinski definition) is 0. The zero-order valence-corrected chi connectivity index (χ0v) is 6.23. The van der Waals surface area contributed by atoms with Crippen LogP contribution in [0.15, 0.2) is 23.6 Å². The Kier molecular flexibility index (Phi) is 4.08. The van der Waals surface area contributed by atoms with Crippen molar-refractivity contribution in [1.29, 1.82) is 0 Å². The van der Waals surface area contributed by atoms with Crippen LogP contribution in [0.5, 0.6) is 0 Å². The Balaban J connectivity index is 5.24. The van der Waals surface area contributed by atoms with E-state index in [0.717, 1.165) is 0 Å². The van der Waals surface area contributed by atoms with Crippen molar-refractivity contribution in [2.75, 3.05) is 6.67 Å². The molecule has 0 aromatic rings. The molecule has 0 aliphatic rings. The molecule has 0 rings (SSSR count). The number of alkyl halides is 3. The number of allylic oxidation sites excluding steroid dienone is 3. The lowest BCUT2D eigenvalue weighted by Gasteiger charge is -2.09. The van der Waals surface area contributed by atoms with Crippen molar-refractivity contribution in [1.82, 2.24) is 0 Å². The monoisotopic (exact) mass is 226 g/mol. The molecular weight excluding hydrogens is 224 g/mol. The molecule has 0 fully saturated rings. The second-order valence-electron chi connectivity index (χ2n) is 2.04. The minimum Gasteiger partial charge on any atom is -0.244 e. The van der Waals surface area contributed by atoms with E-state index in [4.69, 9.17) is 0 Å². The van der Waals surface area contributed by atoms with Crippen molar-refractivity contribution in [2.24, 2.45) is 0 Å². The Labute approximate surface area is 72.5 Å². The van der Waals surface area contributed by atoms with Crippen LogP contribution in [0.2, 0.25) is 0 Å². The fraction of sp³-hybridized carbons (Fsp3) is 0.333. The highest BCUT2D eigenvalue weighted by atomic mass is 19.3. The molecule has 0 saturated carbocycles. The lowest BCUT2D eigenvalue weighted by molar-refractivity contribution is -0.00876. The van der Waals surface area contributed by atoms with Crippen LogP contribution in [0.1, 0.15) is 0 Å². The molecule has 0 saturated heterocycles. The maximum Gasteiger partial charge on any atom is 0.329 e. The quantitative estimate of drug-likeness (QED) is 0.506. The van der Waals surface area contributed by atoms with Crippen LogP contribution in [0.25, 0.3) is 0 Å². The van der Waals surface area contributed by atoms with E-state index in [2.05, 4.69) is 0 Å². The maximum absolute atomic E-state index is 12.1. The SMILES string of the molecule is FCC(F)(F)C(F)=C(F)C(F)=C(F)F. The van der Waals surface area contributed by atoms with Crippen LogP contribution in [-0.2, 0) is 0 Å². The Morgan fingerprint density at radius 2 is 1.29 bits per heavy atom. The molecule has 0 bridgehead atoms. The molecule has 0 N–H and O–H groups in total. The van der Waals surface area contributed by atoms with Gasteiger partial charge in [0.25, 0.3) is 0 Å². The van der Waals surface area contributed by atoms with E-state index >= 15 is 0 Å². The van der Waals surface area contributed by atoms with Crippen molar-refractivity contribution >= 4 is 0 Å². The molecule has 0 heterocycles. The van der Waals surface area contributed by atoms with Gasteiger partial charge in [-0.3, -0.25) is 0 Å². The van der Waals surface area contributed by atoms with Gasteiger partial charge in [0.15, 0.2) is 6.67 Å². The fourth-order valence-corrected chi connectivity index (χ4v) is 0.399. The topological polar surface area (TPSA) is 0 Å². The molecule has 82 valence electrons. The molecular formula is C6H2F8. The van der Waals surface area contributed by atoms with E-state index in [0.29, 0.717) is 0 Å². The third-order valence-corrected chi connectivity index (χ3v) is 1.04. The highest BCUT2D eigenvalue weighted by Crippen LogP contribution is 2.33. The van der Waals surface area contributed by atoms with Gasteiger partial charge in [-0.15, -0.1) is 0 Å². The summed E-state index contributed by atoms with van der Waals surface area (Å²) in [5.41, 5.74) is 0. The Morgan fingerprint density at radius 3 is 1.57 bits per heavy atom. The van der Waals surface area contributed by atoms with Crippen molar-refractivity contribution < 1.29 is 35.1 Å². The first-order chi connectivity index (χ1) is 6.24. The smallest absolute Gasteiger partial charge is 0.244 e. The average Bonchev–Trinajstić information content (AvgIpc) is 2.14. The summed E-state index contributed by atoms with van der Waals surface area (Å²) in [5, 5.41) is 0. The van der Waals surface area contributed by atoms with Gasteiger partial charge < -0.3 is 0 Å². The van der Waals surface area contributed by atoms with Gasteiger partial charge in [0.1, 0.15) is 0 Å². The van der Waals surface area contributed by atoms with E-state index in [9.17, 15) is 35.1 Å². The normalized spacial score (nSPS) is 13.7. The lowest BCUT2D eigenvalue weighted by Crippen LogP contribution is -2.20. The van der Waals surface area contributed by atoms with Crippen LogP contribution in [0, 0.1) is 0 Å². The lowest BCUT2D eigenvalue weighted by atomic mass is 10.3. The first kappa shape index (κ1) is 12.9. The summed E-state index contributed by atoms with van der Waals surface area (Å²) in [5.74, 6) is -14.3. The molecule has 0 amide bonds. The standard InChI is InChI=1S/C6H2F8/c7-1-6(13,14)4(10)2(8)3(9)5(11)12/h1H2. The van der Waals surface area contributed by atoms with Crippen molar-refractivity contribution in [2.45, 2.75) is 5.92 Å². The highest BCUT2D eigenvalue weighted by Gasteiger charge is 2.40. The van der Waals surface area contributed by atoms with E-state index in [1.807, 2.05) is 0 Å². The van der Waals surface area contributed by atoms with Gasteiger partial charge in [-0.05, 0) is 0 Å². The van der Waals surface area contributed by atoms with Crippen LogP contribution >= 0.6 is 0 Å². The third kappa shape index (κ3) is 2.71. The zero-order chi connectivity index (χ0) is 11.5. The number of rotatable bonds is 3. The van der Waals surface area contributed by atoms with E-state index in [-0.39, 0.29) is 0 Å². The van der Waals surface area contributed by atoms with E-state index in [1.165, 1.54) is 0 Å². The van der Waals surface area contributed by atoms with Gasteiger partial charge in [0.2, 0.25) is 17.5 Å². The molecule has 14 heavy (non-hydrogen) atoms. The molecule has 8 heteroatoms. The summed E-state index contributed by atoms with van der Waals surface area (Å²) in [7, 11) is 0. The zero-order valence-electron chi connectivity index (χ0n) is 6.23. The van der Waals surface area contributed by atoms with Crippen molar-refractivity contribution in [3.8, 4) is 0 Å². The highest BCUT2D eigenvalue weighted by molar-refractivity contribution is 5.25. The molecule has 0 aromatic carbocycles. The average molecular weight is 226 g/mol. The molecule has 0 unspecified atom stereocenters. The second-order valence-corrected chi connectivity index (χ2v) is 2.04. The molecule has 0 atom stereocenters. The predicted molar refractivity (Wildman–Crippen MR) is 30.5 cm³/mol. The summed E-state index contributed by atoms with van der Waals surface area (Å²) in [6.45, 7) is -2.66. The maximum atomic E-state index is 12.1. The Hall–Kier alpha value is -1.08. The summed E-state index contributed by atoms with van der Waals surface area (Å²) in [6.07, 6.45) is -3.31. The van der Waals surface area contributed by atoms with Crippen LogP contribution in [0.4, 0.5) is 35.1 Å². The Morgan fingerprint density at radius 1 is 0.857 bits per heavy atom. The summed E-state index contributed by atoms with van der Waals surface area (Å²) in [4.78, 5) is 0. The van der Waals surface area contributed by atoms with E-state index in [1.54, 1.807) is 0 Å². The minimum absolute atomic E-state index is 2.66. The molecule has 0 spiro atoms. The van der Waals surface area contributed by atoms with Gasteiger partial charge in [-0.2, -0.15) is 22.0 Å². The van der Waals surface area contributed by atoms with Gasteiger partial charge in [0.05, 0.1) is 0 Å². The first-order valence-electron chi connectivity index (χ1n) is 2.94. The van der Waals surface area contributed by atoms with Gasteiger partial charge in [-0.1, -0.05) is 0 Å². The van der Waals surface area contributed by atoms with Crippen molar-refractivity contribution in [3.63, 3.8) is 0 Å². The third-order valence-electron chi connectivity index (χ3n) is 1.04. The Bertz CT molecular complexity index is 272. The van der Waals surface area contributed by atoms with Gasteiger partial charge in [0, 0.05) is 0 Å². The van der Waals surface area contributed by atoms with Crippen LogP contribution in [0.3, 0.4) is 0 Å². The van der Waals surface area contributed by atoms with Gasteiger partial charge in [-0.25, -0.2) is 13.2 Å². The minimum atomic E-state index is -4.95. The molecule has 0 radical (unpaired) electrons. The molecule has 0 nitrogen and oxygen atoms in total. The van der Waals surface area contributed by atoms with Crippen molar-refractivity contribution in [3.05, 3.63) is 23.6 Å². The van der Waals surface area contributed by atoms with Crippen LogP contribution < -0.4 is 0 Å². The molecule has 0 aliphatic heterocycles. The van der Waals surface area contributed by atoms with Gasteiger partial charge >= 0.3 is 12.0 Å². The molecule has 0 aliphatic carbocycles.